The van der Waals surface area contributed by atoms with Gasteiger partial charge >= 0.3 is 0 Å². The number of hydrogen-bond acceptors (Lipinski definition) is 2. The molecule has 0 saturated carbocycles. The summed E-state index contributed by atoms with van der Waals surface area (Å²) in [7, 11) is 0. The van der Waals surface area contributed by atoms with Crippen LogP contribution in [0.2, 0.25) is 0 Å². The molecule has 2 aromatic rings. The van der Waals surface area contributed by atoms with Crippen LogP contribution in [0.5, 0.6) is 0 Å². The first-order valence-electron chi connectivity index (χ1n) is 5.05. The smallest absolute Gasteiger partial charge is 0.291 e. The Balaban J connectivity index is 1.81. The van der Waals surface area contributed by atoms with Crippen molar-refractivity contribution in [1.29, 1.82) is 0 Å². The third-order valence-corrected chi connectivity index (χ3v) is 2.60. The monoisotopic (exact) mass is 294 g/mol. The summed E-state index contributed by atoms with van der Waals surface area (Å²) in [6, 6.07) is 11.3. The second-order valence-electron chi connectivity index (χ2n) is 3.44. The van der Waals surface area contributed by atoms with Crippen molar-refractivity contribution >= 4 is 21.8 Å². The maximum Gasteiger partial charge on any atom is 0.291 e. The fraction of sp³-hybridized carbons (Fsp3) is 0.0833. The molecule has 1 aromatic carbocycles. The number of aromatic nitrogens is 1. The number of carbonyl (C=O) groups excluding carboxylic acids is 1. The Kier molecular flexibility index (Phi) is 3.95. The lowest BCUT2D eigenvalue weighted by atomic mass is 10.2. The molecule has 0 saturated heterocycles. The van der Waals surface area contributed by atoms with Crippen molar-refractivity contribution in [3.63, 3.8) is 0 Å². The molecule has 0 fully saturated rings. The average molecular weight is 295 g/mol. The first-order chi connectivity index (χ1) is 8.25. The molecule has 0 radical (unpaired) electrons. The Bertz CT molecular complexity index is 496. The molecule has 0 aliphatic rings. The van der Waals surface area contributed by atoms with Gasteiger partial charge in [-0.25, -0.2) is 5.48 Å². The summed E-state index contributed by atoms with van der Waals surface area (Å²) in [6.45, 7) is 0.342. The number of halogens is 1. The summed E-state index contributed by atoms with van der Waals surface area (Å²) < 4.78 is 0.825. The van der Waals surface area contributed by atoms with E-state index in [-0.39, 0.29) is 5.91 Å². The third kappa shape index (κ3) is 3.44. The Morgan fingerprint density at radius 1 is 1.35 bits per heavy atom. The van der Waals surface area contributed by atoms with Crippen LogP contribution < -0.4 is 5.48 Å². The standard InChI is InChI=1S/C12H11BrN2O2/c13-10-6-11(14-7-10)12(16)15-17-8-9-4-2-1-3-5-9/h1-7,14H,8H2,(H,15,16). The highest BCUT2D eigenvalue weighted by molar-refractivity contribution is 9.10. The van der Waals surface area contributed by atoms with Crippen LogP contribution in [0.3, 0.4) is 0 Å². The zero-order valence-electron chi connectivity index (χ0n) is 8.94. The molecule has 2 N–H and O–H groups in total. The topological polar surface area (TPSA) is 54.1 Å². The lowest BCUT2D eigenvalue weighted by Crippen LogP contribution is -2.23. The molecule has 1 amide bonds. The van der Waals surface area contributed by atoms with Crippen LogP contribution in [0.4, 0.5) is 0 Å². The number of hydroxylamine groups is 1. The summed E-state index contributed by atoms with van der Waals surface area (Å²) in [5.74, 6) is -0.299. The molecule has 0 bridgehead atoms. The van der Waals surface area contributed by atoms with Gasteiger partial charge in [-0.1, -0.05) is 30.3 Å². The van der Waals surface area contributed by atoms with Gasteiger partial charge in [-0.05, 0) is 27.6 Å². The first kappa shape index (κ1) is 11.9. The average Bonchev–Trinajstić information content (AvgIpc) is 2.77. The van der Waals surface area contributed by atoms with Crippen molar-refractivity contribution in [2.24, 2.45) is 0 Å². The van der Waals surface area contributed by atoms with Crippen molar-refractivity contribution in [1.82, 2.24) is 10.5 Å². The number of hydrogen-bond donors (Lipinski definition) is 2. The SMILES string of the molecule is O=C(NOCc1ccccc1)c1cc(Br)c[nH]1. The number of aromatic amines is 1. The second kappa shape index (κ2) is 5.65. The number of H-pyrrole nitrogens is 1. The zero-order valence-corrected chi connectivity index (χ0v) is 10.5. The van der Waals surface area contributed by atoms with Crippen LogP contribution >= 0.6 is 15.9 Å². The Morgan fingerprint density at radius 3 is 2.76 bits per heavy atom. The molecule has 17 heavy (non-hydrogen) atoms. The second-order valence-corrected chi connectivity index (χ2v) is 4.35. The van der Waals surface area contributed by atoms with E-state index in [9.17, 15) is 4.79 Å². The highest BCUT2D eigenvalue weighted by atomic mass is 79.9. The van der Waals surface area contributed by atoms with Crippen LogP contribution in [0, 0.1) is 0 Å². The van der Waals surface area contributed by atoms with E-state index in [1.165, 1.54) is 0 Å². The Morgan fingerprint density at radius 2 is 2.12 bits per heavy atom. The minimum atomic E-state index is -0.299. The fourth-order valence-corrected chi connectivity index (χ4v) is 1.66. The van der Waals surface area contributed by atoms with Crippen molar-refractivity contribution < 1.29 is 9.63 Å². The summed E-state index contributed by atoms with van der Waals surface area (Å²) in [5, 5.41) is 0. The van der Waals surface area contributed by atoms with Crippen molar-refractivity contribution in [3.05, 3.63) is 58.3 Å². The lowest BCUT2D eigenvalue weighted by molar-refractivity contribution is 0.0230. The molecule has 0 unspecified atom stereocenters. The van der Waals surface area contributed by atoms with Gasteiger partial charge in [0.1, 0.15) is 5.69 Å². The maximum absolute atomic E-state index is 11.6. The van der Waals surface area contributed by atoms with Gasteiger partial charge in [-0.3, -0.25) is 9.63 Å². The van der Waals surface area contributed by atoms with E-state index in [2.05, 4.69) is 26.4 Å². The molecule has 1 heterocycles. The van der Waals surface area contributed by atoms with Crippen molar-refractivity contribution in [3.8, 4) is 0 Å². The van der Waals surface area contributed by atoms with E-state index < -0.39 is 0 Å². The number of benzene rings is 1. The van der Waals surface area contributed by atoms with Gasteiger partial charge in [0.05, 0.1) is 6.61 Å². The molecule has 4 nitrogen and oxygen atoms in total. The van der Waals surface area contributed by atoms with Crippen LogP contribution in [0.25, 0.3) is 0 Å². The molecule has 0 spiro atoms. The molecular formula is C12H11BrN2O2. The predicted molar refractivity (Wildman–Crippen MR) is 67.2 cm³/mol. The predicted octanol–water partition coefficient (Wildman–Crippen LogP) is 2.64. The van der Waals surface area contributed by atoms with Crippen LogP contribution in [0.15, 0.2) is 47.1 Å². The zero-order chi connectivity index (χ0) is 12.1. The van der Waals surface area contributed by atoms with E-state index in [1.54, 1.807) is 12.3 Å². The van der Waals surface area contributed by atoms with Crippen LogP contribution in [-0.2, 0) is 11.4 Å². The molecular weight excluding hydrogens is 284 g/mol. The van der Waals surface area contributed by atoms with E-state index >= 15 is 0 Å². The molecule has 5 heteroatoms. The maximum atomic E-state index is 11.6. The fourth-order valence-electron chi connectivity index (χ4n) is 1.31. The number of amides is 1. The molecule has 0 aliphatic carbocycles. The molecule has 88 valence electrons. The van der Waals surface area contributed by atoms with Crippen LogP contribution in [-0.4, -0.2) is 10.9 Å². The highest BCUT2D eigenvalue weighted by Gasteiger charge is 2.07. The minimum Gasteiger partial charge on any atom is -0.356 e. The van der Waals surface area contributed by atoms with E-state index in [1.807, 2.05) is 30.3 Å². The first-order valence-corrected chi connectivity index (χ1v) is 5.85. The van der Waals surface area contributed by atoms with Gasteiger partial charge in [-0.2, -0.15) is 0 Å². The third-order valence-electron chi connectivity index (χ3n) is 2.14. The highest BCUT2D eigenvalue weighted by Crippen LogP contribution is 2.10. The van der Waals surface area contributed by atoms with Gasteiger partial charge in [0.15, 0.2) is 0 Å². The quantitative estimate of drug-likeness (QED) is 0.852. The number of carbonyl (C=O) groups is 1. The number of rotatable bonds is 4. The van der Waals surface area contributed by atoms with Gasteiger partial charge in [0.25, 0.3) is 5.91 Å². The summed E-state index contributed by atoms with van der Waals surface area (Å²) >= 11 is 3.25. The van der Waals surface area contributed by atoms with E-state index in [0.717, 1.165) is 10.0 Å². The van der Waals surface area contributed by atoms with E-state index in [0.29, 0.717) is 12.3 Å². The van der Waals surface area contributed by atoms with Gasteiger partial charge in [-0.15, -0.1) is 0 Å². The summed E-state index contributed by atoms with van der Waals surface area (Å²) in [4.78, 5) is 19.5. The summed E-state index contributed by atoms with van der Waals surface area (Å²) in [6.07, 6.45) is 1.69. The summed E-state index contributed by atoms with van der Waals surface area (Å²) in [5.41, 5.74) is 3.82. The largest absolute Gasteiger partial charge is 0.356 e. The molecule has 0 aliphatic heterocycles. The minimum absolute atomic E-state index is 0.299. The number of nitrogens with one attached hydrogen (secondary N) is 2. The van der Waals surface area contributed by atoms with Crippen LogP contribution in [0.1, 0.15) is 16.1 Å². The Labute approximate surface area is 107 Å². The Hall–Kier alpha value is -1.59. The molecule has 2 rings (SSSR count). The van der Waals surface area contributed by atoms with Gasteiger partial charge in [0, 0.05) is 10.7 Å². The van der Waals surface area contributed by atoms with E-state index in [4.69, 9.17) is 4.84 Å². The van der Waals surface area contributed by atoms with Crippen molar-refractivity contribution in [2.45, 2.75) is 6.61 Å². The molecule has 1 aromatic heterocycles. The molecule has 0 atom stereocenters. The van der Waals surface area contributed by atoms with Gasteiger partial charge < -0.3 is 4.98 Å². The van der Waals surface area contributed by atoms with Crippen molar-refractivity contribution in [2.75, 3.05) is 0 Å². The lowest BCUT2D eigenvalue weighted by Gasteiger charge is -2.04. The normalized spacial score (nSPS) is 10.2. The van der Waals surface area contributed by atoms with Gasteiger partial charge in [0.2, 0.25) is 0 Å².